The van der Waals surface area contributed by atoms with Crippen molar-refractivity contribution in [3.05, 3.63) is 65.2 Å². The minimum Gasteiger partial charge on any atom is -0.327 e. The maximum Gasteiger partial charge on any atom is 0.293 e. The lowest BCUT2D eigenvalue weighted by molar-refractivity contribution is -0.897. The molecular formula is C21H23N4O2S+. The number of para-hydroxylation sites is 1. The number of fused-ring (bicyclic) bond motifs is 1. The van der Waals surface area contributed by atoms with Gasteiger partial charge in [0.05, 0.1) is 28.3 Å². The molecule has 0 bridgehead atoms. The molecule has 3 aromatic rings. The molecule has 0 saturated carbocycles. The van der Waals surface area contributed by atoms with Crippen molar-refractivity contribution in [3.63, 3.8) is 0 Å². The molecule has 1 aliphatic heterocycles. The molecular weight excluding hydrogens is 372 g/mol. The maximum absolute atomic E-state index is 12.2. The Bertz CT molecular complexity index is 932. The molecule has 1 aromatic heterocycles. The molecule has 7 heteroatoms. The molecule has 1 aliphatic rings. The van der Waals surface area contributed by atoms with Crippen LogP contribution in [0.1, 0.15) is 34.1 Å². The number of nitrogens with one attached hydrogen (secondary N) is 3. The smallest absolute Gasteiger partial charge is 0.293 e. The van der Waals surface area contributed by atoms with Gasteiger partial charge in [0.1, 0.15) is 0 Å². The average molecular weight is 396 g/mol. The lowest BCUT2D eigenvalue weighted by Crippen LogP contribution is -3.14. The Hall–Kier alpha value is -2.77. The fraction of sp³-hybridized carbons (Fsp3) is 0.286. The third kappa shape index (κ3) is 4.37. The van der Waals surface area contributed by atoms with Gasteiger partial charge in [0.2, 0.25) is 0 Å². The Labute approximate surface area is 167 Å². The van der Waals surface area contributed by atoms with Gasteiger partial charge in [-0.1, -0.05) is 30.3 Å². The molecule has 2 amide bonds. The number of hydrogen-bond donors (Lipinski definition) is 3. The predicted octanol–water partition coefficient (Wildman–Crippen LogP) is 1.52. The number of carbonyl (C=O) groups excluding carboxylic acids is 2. The molecule has 0 spiro atoms. The second-order valence-electron chi connectivity index (χ2n) is 7.09. The van der Waals surface area contributed by atoms with Crippen LogP contribution in [0.5, 0.6) is 0 Å². The van der Waals surface area contributed by atoms with E-state index in [0.29, 0.717) is 18.0 Å². The molecule has 2 heterocycles. The number of benzene rings is 2. The molecule has 0 aliphatic carbocycles. The highest BCUT2D eigenvalue weighted by Gasteiger charge is 2.27. The van der Waals surface area contributed by atoms with E-state index in [1.54, 1.807) is 35.6 Å². The Kier molecular flexibility index (Phi) is 5.64. The zero-order chi connectivity index (χ0) is 19.3. The molecule has 0 unspecified atom stereocenters. The summed E-state index contributed by atoms with van der Waals surface area (Å²) in [6.07, 6.45) is 2.05. The van der Waals surface area contributed by atoms with Gasteiger partial charge < -0.3 is 4.90 Å². The van der Waals surface area contributed by atoms with Crippen molar-refractivity contribution in [1.82, 2.24) is 15.8 Å². The lowest BCUT2D eigenvalue weighted by atomic mass is 9.97. The number of piperidine rings is 1. The molecule has 2 aromatic carbocycles. The third-order valence-corrected chi connectivity index (χ3v) is 6.31. The molecule has 4 rings (SSSR count). The van der Waals surface area contributed by atoms with E-state index in [2.05, 4.69) is 23.0 Å². The molecule has 0 atom stereocenters. The van der Waals surface area contributed by atoms with Crippen LogP contribution in [0.2, 0.25) is 0 Å². The van der Waals surface area contributed by atoms with E-state index in [1.807, 2.05) is 18.2 Å². The van der Waals surface area contributed by atoms with Crippen LogP contribution in [0.4, 0.5) is 0 Å². The number of hydrogen-bond acceptors (Lipinski definition) is 4. The summed E-state index contributed by atoms with van der Waals surface area (Å²) in [5.41, 5.74) is 6.59. The Morgan fingerprint density at radius 1 is 1.00 bits per heavy atom. The van der Waals surface area contributed by atoms with Crippen molar-refractivity contribution in [2.45, 2.75) is 18.8 Å². The number of hydrazine groups is 1. The number of rotatable bonds is 4. The third-order valence-electron chi connectivity index (χ3n) is 5.11. The fourth-order valence-electron chi connectivity index (χ4n) is 3.57. The van der Waals surface area contributed by atoms with E-state index in [4.69, 9.17) is 4.98 Å². The highest BCUT2D eigenvalue weighted by molar-refractivity contribution is 7.18. The van der Waals surface area contributed by atoms with Crippen LogP contribution >= 0.6 is 11.3 Å². The Balaban J connectivity index is 1.24. The first kappa shape index (κ1) is 18.6. The number of nitrogens with zero attached hydrogens (tertiary/aromatic N) is 1. The van der Waals surface area contributed by atoms with Gasteiger partial charge in [0.15, 0.2) is 6.54 Å². The first-order valence-electron chi connectivity index (χ1n) is 9.52. The maximum atomic E-state index is 12.2. The summed E-state index contributed by atoms with van der Waals surface area (Å²) in [6.45, 7) is 2.23. The summed E-state index contributed by atoms with van der Waals surface area (Å²) in [5.74, 6) is -0.00166. The van der Waals surface area contributed by atoms with Crippen LogP contribution in [0.15, 0.2) is 54.6 Å². The van der Waals surface area contributed by atoms with Crippen molar-refractivity contribution >= 4 is 33.4 Å². The van der Waals surface area contributed by atoms with Crippen molar-refractivity contribution < 1.29 is 14.5 Å². The second-order valence-corrected chi connectivity index (χ2v) is 8.15. The van der Waals surface area contributed by atoms with E-state index >= 15 is 0 Å². The monoisotopic (exact) mass is 395 g/mol. The quantitative estimate of drug-likeness (QED) is 0.587. The van der Waals surface area contributed by atoms with Crippen molar-refractivity contribution in [2.75, 3.05) is 19.6 Å². The number of likely N-dealkylation sites (tertiary alicyclic amines) is 1. The first-order chi connectivity index (χ1) is 13.7. The second kappa shape index (κ2) is 8.50. The summed E-state index contributed by atoms with van der Waals surface area (Å²) >= 11 is 1.78. The largest absolute Gasteiger partial charge is 0.327 e. The summed E-state index contributed by atoms with van der Waals surface area (Å²) in [6, 6.07) is 17.1. The fourth-order valence-corrected chi connectivity index (χ4v) is 4.71. The predicted molar refractivity (Wildman–Crippen MR) is 109 cm³/mol. The molecule has 1 saturated heterocycles. The van der Waals surface area contributed by atoms with Gasteiger partial charge in [0, 0.05) is 24.3 Å². The molecule has 1 fully saturated rings. The highest BCUT2D eigenvalue weighted by atomic mass is 32.1. The SMILES string of the molecule is O=C(C[NH+]1CCC(c2nc3ccccc3s2)CC1)NNC(=O)c1ccccc1. The number of carbonyl (C=O) groups is 2. The van der Waals surface area contributed by atoms with Crippen LogP contribution in [0.25, 0.3) is 10.2 Å². The number of aromatic nitrogens is 1. The highest BCUT2D eigenvalue weighted by Crippen LogP contribution is 2.31. The van der Waals surface area contributed by atoms with Gasteiger partial charge in [-0.2, -0.15) is 0 Å². The van der Waals surface area contributed by atoms with Gasteiger partial charge in [-0.15, -0.1) is 11.3 Å². The minimum atomic E-state index is -0.307. The zero-order valence-electron chi connectivity index (χ0n) is 15.5. The average Bonchev–Trinajstić information content (AvgIpc) is 3.17. The van der Waals surface area contributed by atoms with Gasteiger partial charge in [-0.25, -0.2) is 4.98 Å². The molecule has 6 nitrogen and oxygen atoms in total. The van der Waals surface area contributed by atoms with E-state index in [9.17, 15) is 9.59 Å². The Morgan fingerprint density at radius 3 is 2.46 bits per heavy atom. The molecule has 28 heavy (non-hydrogen) atoms. The van der Waals surface area contributed by atoms with Crippen LogP contribution in [-0.4, -0.2) is 36.4 Å². The van der Waals surface area contributed by atoms with Crippen molar-refractivity contribution in [1.29, 1.82) is 0 Å². The van der Waals surface area contributed by atoms with E-state index < -0.39 is 0 Å². The molecule has 144 valence electrons. The number of quaternary nitrogens is 1. The summed E-state index contributed by atoms with van der Waals surface area (Å²) in [4.78, 5) is 30.2. The van der Waals surface area contributed by atoms with Crippen molar-refractivity contribution in [3.8, 4) is 0 Å². The van der Waals surface area contributed by atoms with E-state index in [1.165, 1.54) is 14.6 Å². The van der Waals surface area contributed by atoms with Gasteiger partial charge >= 0.3 is 0 Å². The lowest BCUT2D eigenvalue weighted by Gasteiger charge is -2.27. The van der Waals surface area contributed by atoms with Gasteiger partial charge in [-0.05, 0) is 24.3 Å². The molecule has 3 N–H and O–H groups in total. The van der Waals surface area contributed by atoms with Crippen LogP contribution in [-0.2, 0) is 4.79 Å². The van der Waals surface area contributed by atoms with Gasteiger partial charge in [-0.3, -0.25) is 20.4 Å². The summed E-state index contributed by atoms with van der Waals surface area (Å²) in [5, 5.41) is 1.21. The van der Waals surface area contributed by atoms with Crippen LogP contribution < -0.4 is 15.8 Å². The molecule has 0 radical (unpaired) electrons. The van der Waals surface area contributed by atoms with Crippen LogP contribution in [0, 0.1) is 0 Å². The number of thiazole rings is 1. The number of amides is 2. The van der Waals surface area contributed by atoms with Crippen molar-refractivity contribution in [2.24, 2.45) is 0 Å². The summed E-state index contributed by atoms with van der Waals surface area (Å²) < 4.78 is 1.24. The standard InChI is InChI=1S/C21H22N4O2S/c26-19(23-24-20(27)15-6-2-1-3-7-15)14-25-12-10-16(11-13-25)21-22-17-8-4-5-9-18(17)28-21/h1-9,16H,10-14H2,(H,23,26)(H,24,27)/p+1. The van der Waals surface area contributed by atoms with Gasteiger partial charge in [0.25, 0.3) is 11.8 Å². The normalized spacial score (nSPS) is 19.3. The minimum absolute atomic E-state index is 0.169. The van der Waals surface area contributed by atoms with Crippen LogP contribution in [0.3, 0.4) is 0 Å². The topological polar surface area (TPSA) is 75.5 Å². The van der Waals surface area contributed by atoms with E-state index in [0.717, 1.165) is 31.4 Å². The zero-order valence-corrected chi connectivity index (χ0v) is 16.3. The Morgan fingerprint density at radius 2 is 1.71 bits per heavy atom. The van der Waals surface area contributed by atoms with E-state index in [-0.39, 0.29) is 11.8 Å². The first-order valence-corrected chi connectivity index (χ1v) is 10.3. The summed E-state index contributed by atoms with van der Waals surface area (Å²) in [7, 11) is 0.